The Hall–Kier alpha value is -1.39. The third-order valence-electron chi connectivity index (χ3n) is 3.39. The maximum absolute atomic E-state index is 5.48. The van der Waals surface area contributed by atoms with Crippen molar-refractivity contribution in [2.75, 3.05) is 17.6 Å². The minimum absolute atomic E-state index is 0.273. The number of nitrogens with one attached hydrogen (secondary N) is 1. The zero-order chi connectivity index (χ0) is 11.9. The van der Waals surface area contributed by atoms with Gasteiger partial charge in [0.25, 0.3) is 0 Å². The van der Waals surface area contributed by atoms with Gasteiger partial charge in [-0.05, 0) is 18.8 Å². The van der Waals surface area contributed by atoms with Crippen molar-refractivity contribution in [2.24, 2.45) is 5.92 Å². The Morgan fingerprint density at radius 3 is 2.82 bits per heavy atom. The second-order valence-corrected chi connectivity index (χ2v) is 4.74. The smallest absolute Gasteiger partial charge is 0.227 e. The highest BCUT2D eigenvalue weighted by Gasteiger charge is 2.12. The first-order chi connectivity index (χ1) is 8.34. The number of nitrogen functional groups attached to an aromatic ring is 1. The second kappa shape index (κ2) is 6.37. The molecule has 0 aliphatic heterocycles. The highest BCUT2D eigenvalue weighted by atomic mass is 15.2. The number of hydrogen-bond acceptors (Lipinski definition) is 5. The van der Waals surface area contributed by atoms with Crippen LogP contribution in [0.5, 0.6) is 0 Å². The molecule has 0 spiro atoms. The Bertz CT molecular complexity index is 335. The van der Waals surface area contributed by atoms with E-state index in [0.29, 0.717) is 5.95 Å². The van der Waals surface area contributed by atoms with Crippen LogP contribution < -0.4 is 11.1 Å². The number of nitrogens with two attached hydrogens (primary N) is 1. The average Bonchev–Trinajstić information content (AvgIpc) is 2.36. The molecule has 1 aromatic heterocycles. The van der Waals surface area contributed by atoms with Crippen LogP contribution in [0.25, 0.3) is 0 Å². The molecule has 1 aliphatic carbocycles. The molecule has 1 saturated carbocycles. The van der Waals surface area contributed by atoms with Gasteiger partial charge < -0.3 is 11.1 Å². The summed E-state index contributed by atoms with van der Waals surface area (Å²) >= 11 is 0. The monoisotopic (exact) mass is 235 g/mol. The van der Waals surface area contributed by atoms with Crippen molar-refractivity contribution in [3.05, 3.63) is 6.33 Å². The third kappa shape index (κ3) is 4.17. The molecule has 1 heterocycles. The zero-order valence-corrected chi connectivity index (χ0v) is 10.2. The Balaban J connectivity index is 1.62. The third-order valence-corrected chi connectivity index (χ3v) is 3.39. The summed E-state index contributed by atoms with van der Waals surface area (Å²) in [5.74, 6) is 1.80. The minimum Gasteiger partial charge on any atom is -0.368 e. The molecule has 0 amide bonds. The largest absolute Gasteiger partial charge is 0.368 e. The molecule has 2 rings (SSSR count). The van der Waals surface area contributed by atoms with Crippen molar-refractivity contribution in [3.8, 4) is 0 Å². The van der Waals surface area contributed by atoms with E-state index in [0.717, 1.165) is 12.5 Å². The van der Waals surface area contributed by atoms with Crippen molar-refractivity contribution < 1.29 is 0 Å². The number of aromatic nitrogens is 3. The van der Waals surface area contributed by atoms with Crippen molar-refractivity contribution >= 4 is 11.9 Å². The summed E-state index contributed by atoms with van der Waals surface area (Å²) < 4.78 is 0. The Labute approximate surface area is 102 Å². The summed E-state index contributed by atoms with van der Waals surface area (Å²) in [5, 5.41) is 3.18. The summed E-state index contributed by atoms with van der Waals surface area (Å²) in [4.78, 5) is 11.8. The maximum Gasteiger partial charge on any atom is 0.227 e. The summed E-state index contributed by atoms with van der Waals surface area (Å²) in [6.07, 6.45) is 11.0. The van der Waals surface area contributed by atoms with Gasteiger partial charge in [-0.25, -0.2) is 9.97 Å². The first kappa shape index (κ1) is 12.1. The van der Waals surface area contributed by atoms with Gasteiger partial charge in [-0.15, -0.1) is 0 Å². The average molecular weight is 235 g/mol. The maximum atomic E-state index is 5.48. The summed E-state index contributed by atoms with van der Waals surface area (Å²) in [5.41, 5.74) is 5.48. The number of nitrogens with zero attached hydrogens (tertiary/aromatic N) is 3. The molecule has 94 valence electrons. The molecule has 0 bridgehead atoms. The van der Waals surface area contributed by atoms with Crippen LogP contribution >= 0.6 is 0 Å². The predicted octanol–water partition coefficient (Wildman–Crippen LogP) is 2.23. The fourth-order valence-corrected chi connectivity index (χ4v) is 2.46. The molecule has 0 atom stereocenters. The Morgan fingerprint density at radius 2 is 2.06 bits per heavy atom. The van der Waals surface area contributed by atoms with Crippen LogP contribution in [0.15, 0.2) is 6.33 Å². The quantitative estimate of drug-likeness (QED) is 0.765. The van der Waals surface area contributed by atoms with Crippen LogP contribution in [0.2, 0.25) is 0 Å². The van der Waals surface area contributed by atoms with Crippen LogP contribution in [-0.4, -0.2) is 21.5 Å². The fourth-order valence-electron chi connectivity index (χ4n) is 2.46. The molecular weight excluding hydrogens is 214 g/mol. The molecule has 1 aliphatic rings. The molecular formula is C12H21N5. The van der Waals surface area contributed by atoms with Crippen LogP contribution in [0.4, 0.5) is 11.9 Å². The van der Waals surface area contributed by atoms with Crippen molar-refractivity contribution in [2.45, 2.75) is 44.9 Å². The molecule has 5 nitrogen and oxygen atoms in total. The van der Waals surface area contributed by atoms with Gasteiger partial charge >= 0.3 is 0 Å². The molecule has 1 fully saturated rings. The van der Waals surface area contributed by atoms with Crippen molar-refractivity contribution in [1.29, 1.82) is 0 Å². The molecule has 0 saturated heterocycles. The Kier molecular flexibility index (Phi) is 4.53. The number of hydrogen-bond donors (Lipinski definition) is 2. The van der Waals surface area contributed by atoms with Crippen LogP contribution in [0, 0.1) is 5.92 Å². The SMILES string of the molecule is Nc1ncnc(NCCCC2CCCCC2)n1. The van der Waals surface area contributed by atoms with Gasteiger partial charge in [0.15, 0.2) is 0 Å². The Morgan fingerprint density at radius 1 is 1.24 bits per heavy atom. The zero-order valence-electron chi connectivity index (χ0n) is 10.2. The standard InChI is InChI=1S/C12H21N5/c13-11-15-9-16-12(17-11)14-8-4-7-10-5-2-1-3-6-10/h9-10H,1-8H2,(H3,13,14,15,16,17). The minimum atomic E-state index is 0.273. The van der Waals surface area contributed by atoms with Gasteiger partial charge in [0, 0.05) is 6.54 Å². The molecule has 17 heavy (non-hydrogen) atoms. The summed E-state index contributed by atoms with van der Waals surface area (Å²) in [6, 6.07) is 0. The molecule has 3 N–H and O–H groups in total. The topological polar surface area (TPSA) is 76.7 Å². The van der Waals surface area contributed by atoms with Crippen molar-refractivity contribution in [3.63, 3.8) is 0 Å². The van der Waals surface area contributed by atoms with E-state index in [9.17, 15) is 0 Å². The van der Waals surface area contributed by atoms with Gasteiger partial charge in [-0.2, -0.15) is 4.98 Å². The van der Waals surface area contributed by atoms with E-state index in [1.54, 1.807) is 0 Å². The van der Waals surface area contributed by atoms with Gasteiger partial charge in [0.2, 0.25) is 11.9 Å². The lowest BCUT2D eigenvalue weighted by molar-refractivity contribution is 0.335. The molecule has 0 unspecified atom stereocenters. The highest BCUT2D eigenvalue weighted by Crippen LogP contribution is 2.27. The lowest BCUT2D eigenvalue weighted by Crippen LogP contribution is -2.11. The van der Waals surface area contributed by atoms with E-state index in [2.05, 4.69) is 20.3 Å². The van der Waals surface area contributed by atoms with E-state index >= 15 is 0 Å². The van der Waals surface area contributed by atoms with Crippen LogP contribution in [0.3, 0.4) is 0 Å². The normalized spacial score (nSPS) is 16.9. The van der Waals surface area contributed by atoms with E-state index < -0.39 is 0 Å². The van der Waals surface area contributed by atoms with E-state index in [4.69, 9.17) is 5.73 Å². The van der Waals surface area contributed by atoms with Crippen LogP contribution in [0.1, 0.15) is 44.9 Å². The predicted molar refractivity (Wildman–Crippen MR) is 68.5 cm³/mol. The lowest BCUT2D eigenvalue weighted by Gasteiger charge is -2.21. The molecule has 1 aromatic rings. The van der Waals surface area contributed by atoms with Gasteiger partial charge in [0.05, 0.1) is 0 Å². The summed E-state index contributed by atoms with van der Waals surface area (Å²) in [7, 11) is 0. The van der Waals surface area contributed by atoms with Crippen molar-refractivity contribution in [1.82, 2.24) is 15.0 Å². The van der Waals surface area contributed by atoms with Gasteiger partial charge in [0.1, 0.15) is 6.33 Å². The number of anilines is 2. The van der Waals surface area contributed by atoms with Gasteiger partial charge in [-0.1, -0.05) is 32.1 Å². The summed E-state index contributed by atoms with van der Waals surface area (Å²) in [6.45, 7) is 0.917. The molecule has 0 aromatic carbocycles. The first-order valence-corrected chi connectivity index (χ1v) is 6.53. The second-order valence-electron chi connectivity index (χ2n) is 4.74. The molecule has 5 heteroatoms. The van der Waals surface area contributed by atoms with Gasteiger partial charge in [-0.3, -0.25) is 0 Å². The lowest BCUT2D eigenvalue weighted by atomic mass is 9.86. The van der Waals surface area contributed by atoms with E-state index in [-0.39, 0.29) is 5.95 Å². The van der Waals surface area contributed by atoms with E-state index in [1.165, 1.54) is 51.3 Å². The number of rotatable bonds is 5. The van der Waals surface area contributed by atoms with Crippen LogP contribution in [-0.2, 0) is 0 Å². The highest BCUT2D eigenvalue weighted by molar-refractivity contribution is 5.28. The van der Waals surface area contributed by atoms with E-state index in [1.807, 2.05) is 0 Å². The molecule has 0 radical (unpaired) electrons. The first-order valence-electron chi connectivity index (χ1n) is 6.53. The fraction of sp³-hybridized carbons (Fsp3) is 0.750.